The number of hydrogen-bond donors (Lipinski definition) is 1. The fraction of sp³-hybridized carbons (Fsp3) is 0.571. The standard InChI is InChI=1S/C21H29N3O4/c1-14(18-11-8-12-27-18)22-19(25)16-13-17(20(26)28-21(2,3)4)24(23-16)15-9-6-5-7-10-15/h5-7,9-10,14,17-18H,8,11-13H2,1-4H3,(H,22,25)/t14-,17+,18-/m0/s1. The molecule has 7 nitrogen and oxygen atoms in total. The second-order valence-corrected chi connectivity index (χ2v) is 8.29. The third kappa shape index (κ3) is 4.90. The monoisotopic (exact) mass is 387 g/mol. The number of amides is 1. The topological polar surface area (TPSA) is 80.2 Å². The normalized spacial score (nSPS) is 23.3. The molecule has 1 aromatic rings. The van der Waals surface area contributed by atoms with Crippen LogP contribution in [0.1, 0.15) is 47.0 Å². The SMILES string of the molecule is C[C@H](NC(=O)C1=NN(c2ccccc2)[C@@H](C(=O)OC(C)(C)C)C1)[C@@H]1CCCO1. The maximum Gasteiger partial charge on any atom is 0.331 e. The second-order valence-electron chi connectivity index (χ2n) is 8.29. The zero-order valence-electron chi connectivity index (χ0n) is 17.0. The second kappa shape index (κ2) is 8.31. The van der Waals surface area contributed by atoms with Crippen molar-refractivity contribution in [2.24, 2.45) is 5.10 Å². The summed E-state index contributed by atoms with van der Waals surface area (Å²) in [5.41, 5.74) is 0.455. The van der Waals surface area contributed by atoms with Crippen LogP contribution in [0.15, 0.2) is 35.4 Å². The summed E-state index contributed by atoms with van der Waals surface area (Å²) in [6.45, 7) is 8.14. The first-order valence-electron chi connectivity index (χ1n) is 9.82. The summed E-state index contributed by atoms with van der Waals surface area (Å²) >= 11 is 0. The highest BCUT2D eigenvalue weighted by atomic mass is 16.6. The van der Waals surface area contributed by atoms with Crippen molar-refractivity contribution in [2.75, 3.05) is 11.6 Å². The summed E-state index contributed by atoms with van der Waals surface area (Å²) in [7, 11) is 0. The molecule has 1 aromatic carbocycles. The minimum Gasteiger partial charge on any atom is -0.458 e. The maximum atomic E-state index is 12.8. The predicted octanol–water partition coefficient (Wildman–Crippen LogP) is 2.65. The molecule has 0 aliphatic carbocycles. The number of carbonyl (C=O) groups excluding carboxylic acids is 2. The fourth-order valence-electron chi connectivity index (χ4n) is 3.40. The molecule has 1 fully saturated rings. The Morgan fingerprint density at radius 3 is 2.61 bits per heavy atom. The number of benzene rings is 1. The van der Waals surface area contributed by atoms with Crippen molar-refractivity contribution in [3.05, 3.63) is 30.3 Å². The van der Waals surface area contributed by atoms with Crippen LogP contribution in [-0.2, 0) is 19.1 Å². The van der Waals surface area contributed by atoms with Gasteiger partial charge in [0.1, 0.15) is 11.3 Å². The molecule has 28 heavy (non-hydrogen) atoms. The predicted molar refractivity (Wildman–Crippen MR) is 107 cm³/mol. The Kier molecular flexibility index (Phi) is 6.03. The summed E-state index contributed by atoms with van der Waals surface area (Å²) in [4.78, 5) is 25.5. The molecule has 2 aliphatic rings. The van der Waals surface area contributed by atoms with E-state index in [1.165, 1.54) is 0 Å². The molecule has 2 aliphatic heterocycles. The van der Waals surface area contributed by atoms with E-state index < -0.39 is 17.6 Å². The lowest BCUT2D eigenvalue weighted by atomic mass is 10.1. The average molecular weight is 387 g/mol. The van der Waals surface area contributed by atoms with Gasteiger partial charge in [0, 0.05) is 13.0 Å². The first kappa shape index (κ1) is 20.3. The number of para-hydroxylation sites is 1. The summed E-state index contributed by atoms with van der Waals surface area (Å²) in [6, 6.07) is 8.57. The summed E-state index contributed by atoms with van der Waals surface area (Å²) in [5.74, 6) is -0.662. The summed E-state index contributed by atoms with van der Waals surface area (Å²) in [5, 5.41) is 9.02. The van der Waals surface area contributed by atoms with Crippen LogP contribution in [0.25, 0.3) is 0 Å². The van der Waals surface area contributed by atoms with Crippen molar-refractivity contribution in [1.82, 2.24) is 5.32 Å². The van der Waals surface area contributed by atoms with E-state index in [2.05, 4.69) is 10.4 Å². The third-order valence-corrected chi connectivity index (χ3v) is 4.75. The minimum absolute atomic E-state index is 0.0258. The van der Waals surface area contributed by atoms with E-state index >= 15 is 0 Å². The van der Waals surface area contributed by atoms with E-state index in [4.69, 9.17) is 9.47 Å². The van der Waals surface area contributed by atoms with Crippen LogP contribution in [0.4, 0.5) is 5.69 Å². The molecule has 3 atom stereocenters. The highest BCUT2D eigenvalue weighted by Gasteiger charge is 2.39. The van der Waals surface area contributed by atoms with E-state index in [0.29, 0.717) is 5.71 Å². The minimum atomic E-state index is -0.666. The van der Waals surface area contributed by atoms with Crippen LogP contribution in [-0.4, -0.2) is 48.0 Å². The number of ether oxygens (including phenoxy) is 2. The molecule has 1 amide bonds. The lowest BCUT2D eigenvalue weighted by molar-refractivity contribution is -0.156. The van der Waals surface area contributed by atoms with Crippen molar-refractivity contribution >= 4 is 23.3 Å². The Labute approximate surface area is 166 Å². The zero-order valence-corrected chi connectivity index (χ0v) is 17.0. The van der Waals surface area contributed by atoms with Gasteiger partial charge in [-0.2, -0.15) is 5.10 Å². The van der Waals surface area contributed by atoms with Crippen molar-refractivity contribution in [2.45, 2.75) is 70.7 Å². The maximum absolute atomic E-state index is 12.8. The van der Waals surface area contributed by atoms with Gasteiger partial charge in [-0.05, 0) is 52.7 Å². The smallest absolute Gasteiger partial charge is 0.331 e. The molecule has 0 saturated carbocycles. The molecule has 0 bridgehead atoms. The van der Waals surface area contributed by atoms with E-state index in [1.54, 1.807) is 5.01 Å². The number of anilines is 1. The number of rotatable bonds is 5. The summed E-state index contributed by atoms with van der Waals surface area (Å²) < 4.78 is 11.2. The van der Waals surface area contributed by atoms with Gasteiger partial charge in [-0.15, -0.1) is 0 Å². The Morgan fingerprint density at radius 1 is 1.29 bits per heavy atom. The summed E-state index contributed by atoms with van der Waals surface area (Å²) in [6.07, 6.45) is 2.17. The lowest BCUT2D eigenvalue weighted by Crippen LogP contribution is -2.44. The van der Waals surface area contributed by atoms with Crippen molar-refractivity contribution in [3.8, 4) is 0 Å². The van der Waals surface area contributed by atoms with E-state index in [-0.39, 0.29) is 24.5 Å². The van der Waals surface area contributed by atoms with E-state index in [1.807, 2.05) is 58.0 Å². The molecule has 0 radical (unpaired) electrons. The number of nitrogens with zero attached hydrogens (tertiary/aromatic N) is 2. The molecule has 1 saturated heterocycles. The van der Waals surface area contributed by atoms with Crippen molar-refractivity contribution in [1.29, 1.82) is 0 Å². The molecule has 0 spiro atoms. The molecule has 0 aromatic heterocycles. The van der Waals surface area contributed by atoms with E-state index in [0.717, 1.165) is 25.1 Å². The first-order chi connectivity index (χ1) is 13.2. The van der Waals surface area contributed by atoms with E-state index in [9.17, 15) is 9.59 Å². The van der Waals surface area contributed by atoms with Gasteiger partial charge < -0.3 is 14.8 Å². The third-order valence-electron chi connectivity index (χ3n) is 4.75. The average Bonchev–Trinajstić information content (AvgIpc) is 3.31. The molecule has 0 unspecified atom stereocenters. The number of carbonyl (C=O) groups is 2. The van der Waals surface area contributed by atoms with Crippen molar-refractivity contribution < 1.29 is 19.1 Å². The highest BCUT2D eigenvalue weighted by molar-refractivity contribution is 6.40. The quantitative estimate of drug-likeness (QED) is 0.786. The van der Waals surface area contributed by atoms with Gasteiger partial charge in [0.25, 0.3) is 5.91 Å². The molecule has 152 valence electrons. The molecule has 1 N–H and O–H groups in total. The number of esters is 1. The Balaban J connectivity index is 1.76. The highest BCUT2D eigenvalue weighted by Crippen LogP contribution is 2.27. The first-order valence-corrected chi connectivity index (χ1v) is 9.82. The zero-order chi connectivity index (χ0) is 20.3. The van der Waals surface area contributed by atoms with Gasteiger partial charge in [-0.25, -0.2) is 4.79 Å². The number of hydrazone groups is 1. The lowest BCUT2D eigenvalue weighted by Gasteiger charge is -2.26. The van der Waals surface area contributed by atoms with Gasteiger partial charge in [-0.1, -0.05) is 18.2 Å². The van der Waals surface area contributed by atoms with Gasteiger partial charge in [0.2, 0.25) is 0 Å². The molecular formula is C21H29N3O4. The van der Waals surface area contributed by atoms with Crippen LogP contribution in [0.5, 0.6) is 0 Å². The largest absolute Gasteiger partial charge is 0.458 e. The van der Waals surface area contributed by atoms with Gasteiger partial charge >= 0.3 is 5.97 Å². The molecule has 2 heterocycles. The fourth-order valence-corrected chi connectivity index (χ4v) is 3.40. The van der Waals surface area contributed by atoms with Crippen LogP contribution in [0.2, 0.25) is 0 Å². The Bertz CT molecular complexity index is 736. The van der Waals surface area contributed by atoms with Crippen molar-refractivity contribution in [3.63, 3.8) is 0 Å². The Hall–Kier alpha value is -2.41. The van der Waals surface area contributed by atoms with Crippen LogP contribution in [0, 0.1) is 0 Å². The number of nitrogens with one attached hydrogen (secondary N) is 1. The van der Waals surface area contributed by atoms with Gasteiger partial charge in [0.05, 0.1) is 17.8 Å². The Morgan fingerprint density at radius 2 is 2.00 bits per heavy atom. The molecule has 3 rings (SSSR count). The van der Waals surface area contributed by atoms with Gasteiger partial charge in [0.15, 0.2) is 6.04 Å². The number of hydrogen-bond acceptors (Lipinski definition) is 6. The molecule has 7 heteroatoms. The van der Waals surface area contributed by atoms with Crippen LogP contribution < -0.4 is 10.3 Å². The van der Waals surface area contributed by atoms with Gasteiger partial charge in [-0.3, -0.25) is 9.80 Å². The van der Waals surface area contributed by atoms with Crippen LogP contribution >= 0.6 is 0 Å². The molecular weight excluding hydrogens is 358 g/mol. The van der Waals surface area contributed by atoms with Crippen LogP contribution in [0.3, 0.4) is 0 Å².